The molecule has 0 bridgehead atoms. The van der Waals surface area contributed by atoms with Gasteiger partial charge in [0, 0.05) is 25.5 Å². The van der Waals surface area contributed by atoms with Crippen molar-refractivity contribution >= 4 is 5.91 Å². The van der Waals surface area contributed by atoms with E-state index < -0.39 is 0 Å². The fourth-order valence-electron chi connectivity index (χ4n) is 3.01. The summed E-state index contributed by atoms with van der Waals surface area (Å²) in [5.41, 5.74) is 4.55. The van der Waals surface area contributed by atoms with Gasteiger partial charge in [0.2, 0.25) is 5.91 Å². The lowest BCUT2D eigenvalue weighted by Gasteiger charge is -2.25. The number of nitrogens with zero attached hydrogens (tertiary/aromatic N) is 3. The molecule has 0 aliphatic carbocycles. The van der Waals surface area contributed by atoms with Crippen molar-refractivity contribution in [3.63, 3.8) is 0 Å². The smallest absolute Gasteiger partial charge is 0.237 e. The lowest BCUT2D eigenvalue weighted by Crippen LogP contribution is -2.37. The first-order valence-corrected chi connectivity index (χ1v) is 9.07. The van der Waals surface area contributed by atoms with Crippen molar-refractivity contribution in [1.29, 1.82) is 0 Å². The molecule has 4 heteroatoms. The molecule has 0 fully saturated rings. The van der Waals surface area contributed by atoms with Gasteiger partial charge in [0.25, 0.3) is 0 Å². The van der Waals surface area contributed by atoms with Gasteiger partial charge in [-0.25, -0.2) is 0 Å². The standard InChI is InChI=1S/C23H25N3O/c1-25(2)18-23(27)26(16-19-11-13-24-14-12-19)17-20-7-6-10-22(15-20)21-8-4-3-5-9-21/h3-15H,16-18H2,1-2H3. The van der Waals surface area contributed by atoms with E-state index in [-0.39, 0.29) is 5.91 Å². The Morgan fingerprint density at radius 3 is 2.19 bits per heavy atom. The molecule has 0 spiro atoms. The van der Waals surface area contributed by atoms with Crippen LogP contribution in [0.1, 0.15) is 11.1 Å². The van der Waals surface area contributed by atoms with Gasteiger partial charge in [-0.1, -0.05) is 48.5 Å². The molecule has 138 valence electrons. The number of aromatic nitrogens is 1. The van der Waals surface area contributed by atoms with Gasteiger partial charge in [0.05, 0.1) is 6.54 Å². The Labute approximate surface area is 161 Å². The van der Waals surface area contributed by atoms with Crippen LogP contribution >= 0.6 is 0 Å². The summed E-state index contributed by atoms with van der Waals surface area (Å²) in [6, 6.07) is 22.6. The average molecular weight is 359 g/mol. The Bertz CT molecular complexity index is 863. The average Bonchev–Trinajstić information content (AvgIpc) is 2.69. The first-order chi connectivity index (χ1) is 13.1. The minimum Gasteiger partial charge on any atom is -0.333 e. The maximum atomic E-state index is 12.8. The van der Waals surface area contributed by atoms with Gasteiger partial charge in [-0.3, -0.25) is 9.78 Å². The molecule has 0 atom stereocenters. The predicted molar refractivity (Wildman–Crippen MR) is 109 cm³/mol. The van der Waals surface area contributed by atoms with E-state index in [1.54, 1.807) is 12.4 Å². The molecular formula is C23H25N3O. The first-order valence-electron chi connectivity index (χ1n) is 9.07. The van der Waals surface area contributed by atoms with Crippen LogP contribution in [0.5, 0.6) is 0 Å². The number of rotatable bonds is 7. The zero-order valence-electron chi connectivity index (χ0n) is 15.9. The summed E-state index contributed by atoms with van der Waals surface area (Å²) in [5.74, 6) is 0.113. The molecule has 0 aliphatic rings. The van der Waals surface area contributed by atoms with Gasteiger partial charge >= 0.3 is 0 Å². The first kappa shape index (κ1) is 18.8. The quantitative estimate of drug-likeness (QED) is 0.643. The van der Waals surface area contributed by atoms with Crippen LogP contribution in [0.15, 0.2) is 79.1 Å². The minimum atomic E-state index is 0.113. The summed E-state index contributed by atoms with van der Waals surface area (Å²) in [7, 11) is 3.83. The highest BCUT2D eigenvalue weighted by Crippen LogP contribution is 2.21. The van der Waals surface area contributed by atoms with Crippen LogP contribution in [0.2, 0.25) is 0 Å². The molecule has 0 N–H and O–H groups in total. The van der Waals surface area contributed by atoms with Gasteiger partial charge < -0.3 is 9.80 Å². The van der Waals surface area contributed by atoms with Crippen molar-refractivity contribution < 1.29 is 4.79 Å². The highest BCUT2D eigenvalue weighted by molar-refractivity contribution is 5.78. The third-order valence-corrected chi connectivity index (χ3v) is 4.33. The van der Waals surface area contributed by atoms with Gasteiger partial charge in [0.1, 0.15) is 0 Å². The Balaban J connectivity index is 1.82. The Morgan fingerprint density at radius 1 is 0.815 bits per heavy atom. The largest absolute Gasteiger partial charge is 0.333 e. The maximum Gasteiger partial charge on any atom is 0.237 e. The van der Waals surface area contributed by atoms with Gasteiger partial charge in [-0.15, -0.1) is 0 Å². The monoisotopic (exact) mass is 359 g/mol. The second kappa shape index (κ2) is 9.10. The summed E-state index contributed by atoms with van der Waals surface area (Å²) < 4.78 is 0. The van der Waals surface area contributed by atoms with E-state index in [0.717, 1.165) is 16.7 Å². The number of carbonyl (C=O) groups is 1. The maximum absolute atomic E-state index is 12.8. The molecule has 0 radical (unpaired) electrons. The normalized spacial score (nSPS) is 10.8. The zero-order valence-corrected chi connectivity index (χ0v) is 15.9. The van der Waals surface area contributed by atoms with E-state index in [9.17, 15) is 4.79 Å². The van der Waals surface area contributed by atoms with Gasteiger partial charge in [-0.05, 0) is 54.5 Å². The lowest BCUT2D eigenvalue weighted by atomic mass is 10.0. The molecule has 0 saturated heterocycles. The highest BCUT2D eigenvalue weighted by atomic mass is 16.2. The van der Waals surface area contributed by atoms with Crippen LogP contribution < -0.4 is 0 Å². The summed E-state index contributed by atoms with van der Waals surface area (Å²) in [6.07, 6.45) is 3.53. The van der Waals surface area contributed by atoms with E-state index in [1.165, 1.54) is 5.56 Å². The number of benzene rings is 2. The van der Waals surface area contributed by atoms with Crippen LogP contribution in [-0.4, -0.2) is 41.3 Å². The Hall–Kier alpha value is -2.98. The topological polar surface area (TPSA) is 36.4 Å². The number of amides is 1. The molecule has 27 heavy (non-hydrogen) atoms. The molecule has 0 unspecified atom stereocenters. The second-order valence-corrected chi connectivity index (χ2v) is 6.91. The van der Waals surface area contributed by atoms with Crippen molar-refractivity contribution in [2.75, 3.05) is 20.6 Å². The van der Waals surface area contributed by atoms with Crippen molar-refractivity contribution in [2.45, 2.75) is 13.1 Å². The number of pyridine rings is 1. The van der Waals surface area contributed by atoms with E-state index in [1.807, 2.05) is 54.2 Å². The highest BCUT2D eigenvalue weighted by Gasteiger charge is 2.16. The molecule has 1 heterocycles. The van der Waals surface area contributed by atoms with Crippen LogP contribution in [-0.2, 0) is 17.9 Å². The summed E-state index contributed by atoms with van der Waals surface area (Å²) in [6.45, 7) is 1.55. The van der Waals surface area contributed by atoms with Gasteiger partial charge in [0.15, 0.2) is 0 Å². The van der Waals surface area contributed by atoms with E-state index >= 15 is 0 Å². The number of hydrogen-bond donors (Lipinski definition) is 0. The predicted octanol–water partition coefficient (Wildman–Crippen LogP) is 3.84. The van der Waals surface area contributed by atoms with Crippen LogP contribution in [0.4, 0.5) is 0 Å². The summed E-state index contributed by atoms with van der Waals surface area (Å²) in [4.78, 5) is 20.7. The lowest BCUT2D eigenvalue weighted by molar-refractivity contribution is -0.133. The molecule has 1 aromatic heterocycles. The number of carbonyl (C=O) groups excluding carboxylic acids is 1. The molecular weight excluding hydrogens is 334 g/mol. The molecule has 0 saturated carbocycles. The Morgan fingerprint density at radius 2 is 1.48 bits per heavy atom. The summed E-state index contributed by atoms with van der Waals surface area (Å²) >= 11 is 0. The second-order valence-electron chi connectivity index (χ2n) is 6.91. The van der Waals surface area contributed by atoms with Crippen molar-refractivity contribution in [1.82, 2.24) is 14.8 Å². The van der Waals surface area contributed by atoms with Crippen molar-refractivity contribution in [3.05, 3.63) is 90.3 Å². The third-order valence-electron chi connectivity index (χ3n) is 4.33. The molecule has 2 aromatic carbocycles. The molecule has 1 amide bonds. The zero-order chi connectivity index (χ0) is 19.1. The molecule has 3 rings (SSSR count). The summed E-state index contributed by atoms with van der Waals surface area (Å²) in [5, 5.41) is 0. The Kier molecular flexibility index (Phi) is 6.34. The van der Waals surface area contributed by atoms with Crippen LogP contribution in [0, 0.1) is 0 Å². The van der Waals surface area contributed by atoms with E-state index in [0.29, 0.717) is 19.6 Å². The van der Waals surface area contributed by atoms with Crippen molar-refractivity contribution in [3.8, 4) is 11.1 Å². The van der Waals surface area contributed by atoms with E-state index in [2.05, 4.69) is 41.4 Å². The molecule has 3 aromatic rings. The fourth-order valence-corrected chi connectivity index (χ4v) is 3.01. The minimum absolute atomic E-state index is 0.113. The van der Waals surface area contributed by atoms with Crippen molar-refractivity contribution in [2.24, 2.45) is 0 Å². The van der Waals surface area contributed by atoms with E-state index in [4.69, 9.17) is 0 Å². The fraction of sp³-hybridized carbons (Fsp3) is 0.217. The molecule has 4 nitrogen and oxygen atoms in total. The number of hydrogen-bond acceptors (Lipinski definition) is 3. The molecule has 0 aliphatic heterocycles. The van der Waals surface area contributed by atoms with Gasteiger partial charge in [-0.2, -0.15) is 0 Å². The van der Waals surface area contributed by atoms with Crippen LogP contribution in [0.25, 0.3) is 11.1 Å². The number of likely N-dealkylation sites (N-methyl/N-ethyl adjacent to an activating group) is 1. The third kappa shape index (κ3) is 5.50. The van der Waals surface area contributed by atoms with Crippen LogP contribution in [0.3, 0.4) is 0 Å². The SMILES string of the molecule is CN(C)CC(=O)N(Cc1ccncc1)Cc1cccc(-c2ccccc2)c1.